The quantitative estimate of drug-likeness (QED) is 0.568. The molecule has 0 aliphatic heterocycles. The lowest BCUT2D eigenvalue weighted by atomic mass is 10.2. The Morgan fingerprint density at radius 2 is 1.79 bits per heavy atom. The van der Waals surface area contributed by atoms with E-state index < -0.39 is 4.92 Å². The van der Waals surface area contributed by atoms with Crippen molar-refractivity contribution >= 4 is 23.2 Å². The van der Waals surface area contributed by atoms with Gasteiger partial charge in [0.05, 0.1) is 9.95 Å². The molecule has 2 aromatic carbocycles. The van der Waals surface area contributed by atoms with Gasteiger partial charge in [0.15, 0.2) is 0 Å². The fourth-order valence-corrected chi connectivity index (χ4v) is 2.39. The fourth-order valence-electron chi connectivity index (χ4n) is 2.17. The summed E-state index contributed by atoms with van der Waals surface area (Å²) in [7, 11) is 0. The van der Waals surface area contributed by atoms with Crippen LogP contribution >= 0.6 is 11.6 Å². The van der Waals surface area contributed by atoms with Gasteiger partial charge in [-0.3, -0.25) is 14.9 Å². The van der Waals surface area contributed by atoms with Crippen molar-refractivity contribution < 1.29 is 14.5 Å². The zero-order valence-electron chi connectivity index (χ0n) is 13.4. The number of nitro groups is 1. The van der Waals surface area contributed by atoms with Crippen molar-refractivity contribution in [3.63, 3.8) is 0 Å². The first-order chi connectivity index (χ1) is 11.5. The minimum atomic E-state index is -0.525. The van der Waals surface area contributed by atoms with Crippen LogP contribution < -0.4 is 4.74 Å². The van der Waals surface area contributed by atoms with E-state index in [1.807, 2.05) is 13.8 Å². The van der Waals surface area contributed by atoms with Crippen LogP contribution in [-0.4, -0.2) is 28.8 Å². The molecule has 2 rings (SSSR count). The number of hydrogen-bond donors (Lipinski definition) is 0. The molecule has 0 saturated heterocycles. The van der Waals surface area contributed by atoms with Crippen LogP contribution in [0.1, 0.15) is 24.2 Å². The number of ether oxygens (including phenoxy) is 1. The van der Waals surface area contributed by atoms with E-state index in [1.54, 1.807) is 29.2 Å². The maximum Gasteiger partial charge on any atom is 0.271 e. The summed E-state index contributed by atoms with van der Waals surface area (Å²) < 4.78 is 5.61. The molecule has 0 aliphatic carbocycles. The maximum atomic E-state index is 12.2. The third-order valence-electron chi connectivity index (χ3n) is 3.51. The van der Waals surface area contributed by atoms with Gasteiger partial charge in [0, 0.05) is 30.8 Å². The molecule has 0 spiro atoms. The first-order valence-corrected chi connectivity index (χ1v) is 7.85. The average Bonchev–Trinajstić information content (AvgIpc) is 2.58. The number of carbonyl (C=O) groups excluding carboxylic acids is 1. The number of rotatable bonds is 6. The van der Waals surface area contributed by atoms with Gasteiger partial charge in [-0.1, -0.05) is 11.6 Å². The Labute approximate surface area is 144 Å². The Morgan fingerprint density at radius 3 is 2.29 bits per heavy atom. The van der Waals surface area contributed by atoms with E-state index in [-0.39, 0.29) is 16.6 Å². The number of halogens is 1. The number of benzene rings is 2. The highest BCUT2D eigenvalue weighted by Gasteiger charge is 2.13. The molecule has 1 amide bonds. The average molecular weight is 349 g/mol. The van der Waals surface area contributed by atoms with Gasteiger partial charge in [-0.15, -0.1) is 0 Å². The van der Waals surface area contributed by atoms with Crippen LogP contribution in [-0.2, 0) is 0 Å². The number of nitro benzene ring substituents is 1. The second kappa shape index (κ2) is 7.79. The summed E-state index contributed by atoms with van der Waals surface area (Å²) >= 11 is 5.99. The molecule has 6 nitrogen and oxygen atoms in total. The normalized spacial score (nSPS) is 10.3. The number of carbonyl (C=O) groups is 1. The molecule has 0 aromatic heterocycles. The lowest BCUT2D eigenvalue weighted by molar-refractivity contribution is -0.384. The van der Waals surface area contributed by atoms with Crippen molar-refractivity contribution in [2.75, 3.05) is 13.1 Å². The smallest absolute Gasteiger partial charge is 0.271 e. The Bertz CT molecular complexity index is 743. The van der Waals surface area contributed by atoms with Gasteiger partial charge in [-0.2, -0.15) is 0 Å². The summed E-state index contributed by atoms with van der Waals surface area (Å²) in [6.07, 6.45) is 0. The molecule has 2 aromatic rings. The molecule has 24 heavy (non-hydrogen) atoms. The number of nitrogens with zero attached hydrogens (tertiary/aromatic N) is 2. The summed E-state index contributed by atoms with van der Waals surface area (Å²) in [5.74, 6) is 0.756. The van der Waals surface area contributed by atoms with Crippen molar-refractivity contribution in [2.24, 2.45) is 0 Å². The predicted octanol–water partition coefficient (Wildman–Crippen LogP) is 4.52. The Hall–Kier alpha value is -2.60. The molecular weight excluding hydrogens is 332 g/mol. The van der Waals surface area contributed by atoms with Crippen LogP contribution in [0.25, 0.3) is 0 Å². The number of hydrogen-bond acceptors (Lipinski definition) is 4. The molecule has 0 radical (unpaired) electrons. The fraction of sp³-hybridized carbons (Fsp3) is 0.235. The zero-order valence-corrected chi connectivity index (χ0v) is 14.1. The lowest BCUT2D eigenvalue weighted by Crippen LogP contribution is -2.30. The van der Waals surface area contributed by atoms with Gasteiger partial charge in [0.2, 0.25) is 0 Å². The Kier molecular flexibility index (Phi) is 5.76. The van der Waals surface area contributed by atoms with Gasteiger partial charge in [0.1, 0.15) is 11.5 Å². The van der Waals surface area contributed by atoms with E-state index in [0.29, 0.717) is 30.2 Å². The minimum absolute atomic E-state index is 0.0417. The van der Waals surface area contributed by atoms with Crippen LogP contribution in [0.3, 0.4) is 0 Å². The highest BCUT2D eigenvalue weighted by molar-refractivity contribution is 6.32. The lowest BCUT2D eigenvalue weighted by Gasteiger charge is -2.18. The van der Waals surface area contributed by atoms with E-state index in [9.17, 15) is 14.9 Å². The molecule has 7 heteroatoms. The van der Waals surface area contributed by atoms with E-state index in [2.05, 4.69) is 0 Å². The van der Waals surface area contributed by atoms with Crippen LogP contribution in [0.5, 0.6) is 11.5 Å². The molecule has 0 fully saturated rings. The van der Waals surface area contributed by atoms with E-state index in [4.69, 9.17) is 16.3 Å². The van der Waals surface area contributed by atoms with Crippen molar-refractivity contribution in [1.29, 1.82) is 0 Å². The van der Waals surface area contributed by atoms with Crippen LogP contribution in [0.4, 0.5) is 5.69 Å². The van der Waals surface area contributed by atoms with Crippen LogP contribution in [0.2, 0.25) is 5.02 Å². The highest BCUT2D eigenvalue weighted by atomic mass is 35.5. The molecule has 0 N–H and O–H groups in total. The number of amides is 1. The summed E-state index contributed by atoms with van der Waals surface area (Å²) in [5.41, 5.74) is 0.466. The summed E-state index contributed by atoms with van der Waals surface area (Å²) in [6, 6.07) is 10.7. The van der Waals surface area contributed by atoms with E-state index in [1.165, 1.54) is 18.2 Å². The number of non-ortho nitro benzene ring substituents is 1. The summed E-state index contributed by atoms with van der Waals surface area (Å²) in [5, 5.41) is 10.8. The Morgan fingerprint density at radius 1 is 1.17 bits per heavy atom. The SMILES string of the molecule is CCN(CC)C(=O)c1ccc(Oc2ccc([N+](=O)[O-])cc2Cl)cc1. The summed E-state index contributed by atoms with van der Waals surface area (Å²) in [4.78, 5) is 24.1. The van der Waals surface area contributed by atoms with Crippen molar-refractivity contribution in [2.45, 2.75) is 13.8 Å². The second-order valence-electron chi connectivity index (χ2n) is 4.98. The first kappa shape index (κ1) is 17.7. The van der Waals surface area contributed by atoms with Gasteiger partial charge in [0.25, 0.3) is 11.6 Å². The standard InChI is InChI=1S/C17H17ClN2O4/c1-3-19(4-2)17(21)12-5-8-14(9-6-12)24-16-10-7-13(20(22)23)11-15(16)18/h5-11H,3-4H2,1-2H3. The second-order valence-corrected chi connectivity index (χ2v) is 5.38. The third kappa shape index (κ3) is 4.02. The molecule has 0 heterocycles. The van der Waals surface area contributed by atoms with E-state index in [0.717, 1.165) is 0 Å². The van der Waals surface area contributed by atoms with Gasteiger partial charge in [-0.25, -0.2) is 0 Å². The largest absolute Gasteiger partial charge is 0.456 e. The zero-order chi connectivity index (χ0) is 17.7. The molecule has 0 atom stereocenters. The third-order valence-corrected chi connectivity index (χ3v) is 3.80. The van der Waals surface area contributed by atoms with Gasteiger partial charge >= 0.3 is 0 Å². The Balaban J connectivity index is 2.15. The molecule has 0 saturated carbocycles. The van der Waals surface area contributed by atoms with Crippen LogP contribution in [0, 0.1) is 10.1 Å². The molecule has 0 unspecified atom stereocenters. The topological polar surface area (TPSA) is 72.7 Å². The van der Waals surface area contributed by atoms with Crippen LogP contribution in [0.15, 0.2) is 42.5 Å². The first-order valence-electron chi connectivity index (χ1n) is 7.47. The highest BCUT2D eigenvalue weighted by Crippen LogP contribution is 2.32. The van der Waals surface area contributed by atoms with Crippen molar-refractivity contribution in [3.8, 4) is 11.5 Å². The van der Waals surface area contributed by atoms with Gasteiger partial charge in [-0.05, 0) is 44.2 Å². The van der Waals surface area contributed by atoms with E-state index >= 15 is 0 Å². The molecule has 0 bridgehead atoms. The van der Waals surface area contributed by atoms with Gasteiger partial charge < -0.3 is 9.64 Å². The van der Waals surface area contributed by atoms with Crippen molar-refractivity contribution in [1.82, 2.24) is 4.90 Å². The predicted molar refractivity (Wildman–Crippen MR) is 91.9 cm³/mol. The summed E-state index contributed by atoms with van der Waals surface area (Å²) in [6.45, 7) is 5.14. The molecule has 0 aliphatic rings. The molecular formula is C17H17ClN2O4. The maximum absolute atomic E-state index is 12.2. The minimum Gasteiger partial charge on any atom is -0.456 e. The molecule has 126 valence electrons. The monoisotopic (exact) mass is 348 g/mol. The van der Waals surface area contributed by atoms with Crippen molar-refractivity contribution in [3.05, 3.63) is 63.2 Å².